The van der Waals surface area contributed by atoms with Gasteiger partial charge in [0.05, 0.1) is 5.92 Å². The fourth-order valence-corrected chi connectivity index (χ4v) is 5.26. The highest BCUT2D eigenvalue weighted by atomic mass is 32.2. The Labute approximate surface area is 141 Å². The van der Waals surface area contributed by atoms with E-state index >= 15 is 0 Å². The van der Waals surface area contributed by atoms with Gasteiger partial charge >= 0.3 is 0 Å². The Morgan fingerprint density at radius 3 is 3.04 bits per heavy atom. The highest BCUT2D eigenvalue weighted by molar-refractivity contribution is 7.91. The van der Waals surface area contributed by atoms with Crippen molar-refractivity contribution in [2.24, 2.45) is 5.92 Å². The Balaban J connectivity index is 1.87. The van der Waals surface area contributed by atoms with E-state index in [2.05, 4.69) is 5.32 Å². The quantitative estimate of drug-likeness (QED) is 0.716. The fourth-order valence-electron chi connectivity index (χ4n) is 2.59. The Morgan fingerprint density at radius 1 is 1.52 bits per heavy atom. The van der Waals surface area contributed by atoms with Gasteiger partial charge in [-0.3, -0.25) is 4.79 Å². The first-order valence-corrected chi connectivity index (χ1v) is 10.3. The average molecular weight is 361 g/mol. The normalized spacial score (nSPS) is 19.6. The molecule has 1 saturated heterocycles. The van der Waals surface area contributed by atoms with Crippen LogP contribution in [0.3, 0.4) is 0 Å². The highest BCUT2D eigenvalue weighted by Gasteiger charge is 2.33. The Morgan fingerprint density at radius 2 is 2.35 bits per heavy atom. The molecule has 130 valence electrons. The Kier molecular flexibility index (Phi) is 7.01. The van der Waals surface area contributed by atoms with Gasteiger partial charge in [0, 0.05) is 32.8 Å². The number of nitrogens with one attached hydrogen (secondary N) is 1. The fraction of sp³-hybridized carbons (Fsp3) is 0.667. The molecule has 2 rings (SSSR count). The topological polar surface area (TPSA) is 75.7 Å². The Bertz CT molecular complexity index is 587. The first-order valence-electron chi connectivity index (χ1n) is 7.94. The van der Waals surface area contributed by atoms with E-state index in [1.165, 1.54) is 15.6 Å². The molecule has 2 heterocycles. The van der Waals surface area contributed by atoms with Gasteiger partial charge in [0.15, 0.2) is 0 Å². The lowest BCUT2D eigenvalue weighted by Crippen LogP contribution is -2.45. The molecular formula is C15H24N2O4S2. The summed E-state index contributed by atoms with van der Waals surface area (Å²) in [4.78, 5) is 12.2. The minimum Gasteiger partial charge on any atom is -0.382 e. The molecular weight excluding hydrogens is 336 g/mol. The molecule has 1 aromatic heterocycles. The number of carbonyl (C=O) groups is 1. The average Bonchev–Trinajstić information content (AvgIpc) is 3.10. The number of thiophene rings is 1. The van der Waals surface area contributed by atoms with E-state index in [1.54, 1.807) is 17.5 Å². The van der Waals surface area contributed by atoms with Crippen LogP contribution in [0.5, 0.6) is 0 Å². The molecule has 0 aliphatic carbocycles. The van der Waals surface area contributed by atoms with Gasteiger partial charge in [-0.1, -0.05) is 6.07 Å². The maximum Gasteiger partial charge on any atom is 0.252 e. The maximum atomic E-state index is 12.5. The van der Waals surface area contributed by atoms with Gasteiger partial charge in [0.1, 0.15) is 4.21 Å². The molecule has 8 heteroatoms. The molecule has 0 aromatic carbocycles. The first-order chi connectivity index (χ1) is 11.1. The monoisotopic (exact) mass is 360 g/mol. The van der Waals surface area contributed by atoms with Crippen molar-refractivity contribution < 1.29 is 17.9 Å². The number of amides is 1. The lowest BCUT2D eigenvalue weighted by molar-refractivity contribution is -0.126. The molecule has 1 aliphatic rings. The summed E-state index contributed by atoms with van der Waals surface area (Å²) in [5.41, 5.74) is 0. The number of carbonyl (C=O) groups excluding carboxylic acids is 1. The second-order valence-corrected chi connectivity index (χ2v) is 8.59. The molecule has 0 saturated carbocycles. The standard InChI is InChI=1S/C15H24N2O4S2/c1-2-21-10-5-8-16-15(18)13-6-3-9-17(12-13)23(19,20)14-7-4-11-22-14/h4,7,11,13H,2-3,5-6,8-10,12H2,1H3,(H,16,18)/t13-/m0/s1. The zero-order valence-corrected chi connectivity index (χ0v) is 15.0. The van der Waals surface area contributed by atoms with Gasteiger partial charge in [-0.15, -0.1) is 11.3 Å². The van der Waals surface area contributed by atoms with E-state index in [0.29, 0.717) is 36.9 Å². The molecule has 0 radical (unpaired) electrons. The van der Waals surface area contributed by atoms with Crippen LogP contribution in [0.15, 0.2) is 21.7 Å². The van der Waals surface area contributed by atoms with Gasteiger partial charge in [0.25, 0.3) is 10.0 Å². The molecule has 1 aromatic rings. The largest absolute Gasteiger partial charge is 0.382 e. The third kappa shape index (κ3) is 5.00. The number of ether oxygens (including phenoxy) is 1. The number of sulfonamides is 1. The van der Waals surface area contributed by atoms with Crippen LogP contribution in [0.25, 0.3) is 0 Å². The van der Waals surface area contributed by atoms with E-state index in [9.17, 15) is 13.2 Å². The summed E-state index contributed by atoms with van der Waals surface area (Å²) in [6, 6.07) is 3.33. The lowest BCUT2D eigenvalue weighted by Gasteiger charge is -2.30. The van der Waals surface area contributed by atoms with Crippen LogP contribution in [-0.2, 0) is 19.6 Å². The molecule has 0 bridgehead atoms. The number of nitrogens with zero attached hydrogens (tertiary/aromatic N) is 1. The lowest BCUT2D eigenvalue weighted by atomic mass is 9.99. The van der Waals surface area contributed by atoms with Crippen molar-refractivity contribution in [3.63, 3.8) is 0 Å². The minimum absolute atomic E-state index is 0.0624. The van der Waals surface area contributed by atoms with Crippen LogP contribution in [-0.4, -0.2) is 51.5 Å². The predicted octanol–water partition coefficient (Wildman–Crippen LogP) is 1.69. The van der Waals surface area contributed by atoms with E-state index in [-0.39, 0.29) is 18.4 Å². The van der Waals surface area contributed by atoms with E-state index in [0.717, 1.165) is 12.8 Å². The molecule has 1 fully saturated rings. The third-order valence-electron chi connectivity index (χ3n) is 3.81. The van der Waals surface area contributed by atoms with Gasteiger partial charge in [-0.25, -0.2) is 8.42 Å². The van der Waals surface area contributed by atoms with Crippen LogP contribution >= 0.6 is 11.3 Å². The van der Waals surface area contributed by atoms with Crippen molar-refractivity contribution in [3.8, 4) is 0 Å². The Hall–Kier alpha value is -0.960. The number of rotatable bonds is 8. The maximum absolute atomic E-state index is 12.5. The molecule has 23 heavy (non-hydrogen) atoms. The summed E-state index contributed by atoms with van der Waals surface area (Å²) in [5, 5.41) is 4.63. The van der Waals surface area contributed by atoms with Crippen LogP contribution in [0.1, 0.15) is 26.2 Å². The third-order valence-corrected chi connectivity index (χ3v) is 7.05. The molecule has 1 amide bonds. The predicted molar refractivity (Wildman–Crippen MR) is 89.9 cm³/mol. The SMILES string of the molecule is CCOCCCNC(=O)[C@H]1CCCN(S(=O)(=O)c2cccs2)C1. The van der Waals surface area contributed by atoms with Crippen molar-refractivity contribution in [2.45, 2.75) is 30.4 Å². The van der Waals surface area contributed by atoms with Crippen molar-refractivity contribution in [1.82, 2.24) is 9.62 Å². The molecule has 0 unspecified atom stereocenters. The van der Waals surface area contributed by atoms with E-state index < -0.39 is 10.0 Å². The van der Waals surface area contributed by atoms with Gasteiger partial charge in [0.2, 0.25) is 5.91 Å². The van der Waals surface area contributed by atoms with Crippen molar-refractivity contribution >= 4 is 27.3 Å². The summed E-state index contributed by atoms with van der Waals surface area (Å²) in [6.45, 7) is 4.54. The van der Waals surface area contributed by atoms with Gasteiger partial charge in [-0.05, 0) is 37.6 Å². The van der Waals surface area contributed by atoms with Crippen LogP contribution in [0.4, 0.5) is 0 Å². The minimum atomic E-state index is -3.47. The smallest absolute Gasteiger partial charge is 0.252 e. The summed E-state index contributed by atoms with van der Waals surface area (Å²) in [7, 11) is -3.47. The molecule has 0 spiro atoms. The van der Waals surface area contributed by atoms with Gasteiger partial charge in [-0.2, -0.15) is 4.31 Å². The van der Waals surface area contributed by atoms with Crippen molar-refractivity contribution in [3.05, 3.63) is 17.5 Å². The summed E-state index contributed by atoms with van der Waals surface area (Å²) >= 11 is 1.21. The number of piperidine rings is 1. The summed E-state index contributed by atoms with van der Waals surface area (Å²) < 4.78 is 32.1. The van der Waals surface area contributed by atoms with Gasteiger partial charge < -0.3 is 10.1 Å². The number of hydrogen-bond acceptors (Lipinski definition) is 5. The van der Waals surface area contributed by atoms with Crippen LogP contribution < -0.4 is 5.32 Å². The zero-order valence-electron chi connectivity index (χ0n) is 13.4. The van der Waals surface area contributed by atoms with E-state index in [4.69, 9.17) is 4.74 Å². The highest BCUT2D eigenvalue weighted by Crippen LogP contribution is 2.26. The molecule has 1 aliphatic heterocycles. The summed E-state index contributed by atoms with van der Waals surface area (Å²) in [5.74, 6) is -0.335. The molecule has 1 atom stereocenters. The van der Waals surface area contributed by atoms with Crippen molar-refractivity contribution in [1.29, 1.82) is 0 Å². The first kappa shape index (κ1) is 18.4. The van der Waals surface area contributed by atoms with Crippen LogP contribution in [0, 0.1) is 5.92 Å². The second-order valence-electron chi connectivity index (χ2n) is 5.48. The van der Waals surface area contributed by atoms with Crippen molar-refractivity contribution in [2.75, 3.05) is 32.8 Å². The van der Waals surface area contributed by atoms with E-state index in [1.807, 2.05) is 6.92 Å². The number of hydrogen-bond donors (Lipinski definition) is 1. The molecule has 1 N–H and O–H groups in total. The molecule has 6 nitrogen and oxygen atoms in total. The second kappa shape index (κ2) is 8.77. The summed E-state index contributed by atoms with van der Waals surface area (Å²) in [6.07, 6.45) is 2.21. The zero-order chi connectivity index (χ0) is 16.7. The van der Waals surface area contributed by atoms with Crippen LogP contribution in [0.2, 0.25) is 0 Å².